The van der Waals surface area contributed by atoms with Crippen molar-refractivity contribution >= 4 is 15.9 Å². The molecular formula is C16H25N3O3S. The van der Waals surface area contributed by atoms with Gasteiger partial charge >= 0.3 is 0 Å². The molecule has 1 aliphatic rings. The lowest BCUT2D eigenvalue weighted by Gasteiger charge is -2.33. The van der Waals surface area contributed by atoms with Crippen molar-refractivity contribution in [2.24, 2.45) is 0 Å². The van der Waals surface area contributed by atoms with Gasteiger partial charge in [-0.15, -0.1) is 0 Å². The molecule has 0 saturated carbocycles. The zero-order valence-corrected chi connectivity index (χ0v) is 14.6. The van der Waals surface area contributed by atoms with Crippen LogP contribution < -0.4 is 5.32 Å². The van der Waals surface area contributed by atoms with Crippen LogP contribution in [0, 0.1) is 6.92 Å². The maximum Gasteiger partial charge on any atom is 0.224 e. The summed E-state index contributed by atoms with van der Waals surface area (Å²) in [6.07, 6.45) is 1.64. The van der Waals surface area contributed by atoms with Crippen molar-refractivity contribution in [1.82, 2.24) is 14.5 Å². The standard InChI is InChI=1S/C16H25N3O3S/c1-14-4-3-5-15(12-14)13-16(20)17-6-7-18-8-10-19(11-9-18)23(2,21)22/h3-5,12H,6-11,13H2,1-2H3,(H,17,20). The lowest BCUT2D eigenvalue weighted by Crippen LogP contribution is -2.49. The van der Waals surface area contributed by atoms with Gasteiger partial charge in [-0.2, -0.15) is 4.31 Å². The third kappa shape index (κ3) is 5.93. The highest BCUT2D eigenvalue weighted by molar-refractivity contribution is 7.88. The van der Waals surface area contributed by atoms with Crippen molar-refractivity contribution in [3.63, 3.8) is 0 Å². The van der Waals surface area contributed by atoms with Crippen LogP contribution in [0.25, 0.3) is 0 Å². The molecule has 0 aliphatic carbocycles. The number of nitrogens with zero attached hydrogens (tertiary/aromatic N) is 2. The Morgan fingerprint density at radius 1 is 1.22 bits per heavy atom. The summed E-state index contributed by atoms with van der Waals surface area (Å²) in [7, 11) is -3.08. The number of nitrogens with one attached hydrogen (secondary N) is 1. The molecule has 0 atom stereocenters. The van der Waals surface area contributed by atoms with Crippen molar-refractivity contribution in [3.8, 4) is 0 Å². The van der Waals surface area contributed by atoms with E-state index in [-0.39, 0.29) is 5.91 Å². The van der Waals surface area contributed by atoms with E-state index in [4.69, 9.17) is 0 Å². The van der Waals surface area contributed by atoms with Crippen LogP contribution in [-0.2, 0) is 21.2 Å². The fraction of sp³-hybridized carbons (Fsp3) is 0.562. The maximum absolute atomic E-state index is 11.9. The summed E-state index contributed by atoms with van der Waals surface area (Å²) < 4.78 is 24.4. The fourth-order valence-corrected chi connectivity index (χ4v) is 3.53. The third-order valence-corrected chi connectivity index (χ3v) is 5.30. The number of aryl methyl sites for hydroxylation is 1. The van der Waals surface area contributed by atoms with Crippen LogP contribution in [0.2, 0.25) is 0 Å². The first kappa shape index (κ1) is 17.9. The van der Waals surface area contributed by atoms with Crippen molar-refractivity contribution in [2.45, 2.75) is 13.3 Å². The molecule has 0 radical (unpaired) electrons. The van der Waals surface area contributed by atoms with E-state index in [0.717, 1.165) is 17.7 Å². The summed E-state index contributed by atoms with van der Waals surface area (Å²) in [6, 6.07) is 7.94. The van der Waals surface area contributed by atoms with Gasteiger partial charge in [0.25, 0.3) is 0 Å². The molecule has 0 aromatic heterocycles. The lowest BCUT2D eigenvalue weighted by molar-refractivity contribution is -0.120. The average molecular weight is 339 g/mol. The fourth-order valence-electron chi connectivity index (χ4n) is 2.71. The first-order valence-electron chi connectivity index (χ1n) is 7.84. The summed E-state index contributed by atoms with van der Waals surface area (Å²) in [5.41, 5.74) is 2.17. The second-order valence-electron chi connectivity index (χ2n) is 6.02. The molecule has 1 aromatic rings. The topological polar surface area (TPSA) is 69.7 Å². The van der Waals surface area contributed by atoms with E-state index in [1.807, 2.05) is 31.2 Å². The molecule has 2 rings (SSSR count). The number of piperazine rings is 1. The lowest BCUT2D eigenvalue weighted by atomic mass is 10.1. The van der Waals surface area contributed by atoms with E-state index in [1.165, 1.54) is 10.6 Å². The minimum atomic E-state index is -3.08. The van der Waals surface area contributed by atoms with Gasteiger partial charge in [-0.25, -0.2) is 8.42 Å². The average Bonchev–Trinajstić information content (AvgIpc) is 2.47. The van der Waals surface area contributed by atoms with E-state index >= 15 is 0 Å². The normalized spacial score (nSPS) is 17.1. The third-order valence-electron chi connectivity index (χ3n) is 4.00. The van der Waals surface area contributed by atoms with Crippen molar-refractivity contribution in [3.05, 3.63) is 35.4 Å². The van der Waals surface area contributed by atoms with Crippen LogP contribution in [0.5, 0.6) is 0 Å². The Labute approximate surface area is 138 Å². The highest BCUT2D eigenvalue weighted by Crippen LogP contribution is 2.06. The summed E-state index contributed by atoms with van der Waals surface area (Å²) >= 11 is 0. The smallest absolute Gasteiger partial charge is 0.224 e. The monoisotopic (exact) mass is 339 g/mol. The minimum absolute atomic E-state index is 0.0189. The predicted octanol–water partition coefficient (Wildman–Crippen LogP) is 0.231. The summed E-state index contributed by atoms with van der Waals surface area (Å²) in [5, 5.41) is 2.93. The number of carbonyl (C=O) groups excluding carboxylic acids is 1. The molecule has 6 nitrogen and oxygen atoms in total. The minimum Gasteiger partial charge on any atom is -0.355 e. The number of hydrogen-bond donors (Lipinski definition) is 1. The van der Waals surface area contributed by atoms with Gasteiger partial charge in [0.2, 0.25) is 15.9 Å². The Morgan fingerprint density at radius 3 is 2.52 bits per heavy atom. The van der Waals surface area contributed by atoms with Crippen molar-refractivity contribution in [2.75, 3.05) is 45.5 Å². The molecule has 0 unspecified atom stereocenters. The number of benzene rings is 1. The van der Waals surface area contributed by atoms with Gasteiger partial charge in [0, 0.05) is 39.3 Å². The zero-order valence-electron chi connectivity index (χ0n) is 13.8. The number of amides is 1. The Kier molecular flexibility index (Phi) is 6.15. The van der Waals surface area contributed by atoms with Gasteiger partial charge in [-0.3, -0.25) is 9.69 Å². The Balaban J connectivity index is 1.67. The van der Waals surface area contributed by atoms with Gasteiger partial charge in [0.15, 0.2) is 0 Å². The summed E-state index contributed by atoms with van der Waals surface area (Å²) in [5.74, 6) is 0.0189. The number of carbonyl (C=O) groups is 1. The highest BCUT2D eigenvalue weighted by atomic mass is 32.2. The molecule has 1 aromatic carbocycles. The van der Waals surface area contributed by atoms with Crippen LogP contribution >= 0.6 is 0 Å². The largest absolute Gasteiger partial charge is 0.355 e. The number of rotatable bonds is 6. The number of hydrogen-bond acceptors (Lipinski definition) is 4. The summed E-state index contributed by atoms with van der Waals surface area (Å²) in [6.45, 7) is 5.81. The zero-order chi connectivity index (χ0) is 16.9. The molecule has 1 N–H and O–H groups in total. The Hall–Kier alpha value is -1.44. The molecular weight excluding hydrogens is 314 g/mol. The van der Waals surface area contributed by atoms with E-state index in [9.17, 15) is 13.2 Å². The molecule has 0 bridgehead atoms. The van der Waals surface area contributed by atoms with E-state index in [0.29, 0.717) is 39.1 Å². The molecule has 1 fully saturated rings. The van der Waals surface area contributed by atoms with Crippen LogP contribution in [0.3, 0.4) is 0 Å². The molecule has 7 heteroatoms. The predicted molar refractivity (Wildman–Crippen MR) is 90.7 cm³/mol. The van der Waals surface area contributed by atoms with Gasteiger partial charge in [0.1, 0.15) is 0 Å². The Bertz CT molecular complexity index is 638. The van der Waals surface area contributed by atoms with Gasteiger partial charge in [0.05, 0.1) is 12.7 Å². The second kappa shape index (κ2) is 7.90. The molecule has 1 saturated heterocycles. The SMILES string of the molecule is Cc1cccc(CC(=O)NCCN2CCN(S(C)(=O)=O)CC2)c1. The van der Waals surface area contributed by atoms with Gasteiger partial charge in [-0.1, -0.05) is 29.8 Å². The molecule has 1 heterocycles. The van der Waals surface area contributed by atoms with E-state index in [1.54, 1.807) is 0 Å². The van der Waals surface area contributed by atoms with Gasteiger partial charge in [-0.05, 0) is 12.5 Å². The molecule has 1 aliphatic heterocycles. The van der Waals surface area contributed by atoms with Crippen LogP contribution in [0.15, 0.2) is 24.3 Å². The molecule has 1 amide bonds. The van der Waals surface area contributed by atoms with Crippen molar-refractivity contribution < 1.29 is 13.2 Å². The quantitative estimate of drug-likeness (QED) is 0.806. The molecule has 23 heavy (non-hydrogen) atoms. The van der Waals surface area contributed by atoms with E-state index in [2.05, 4.69) is 10.2 Å². The van der Waals surface area contributed by atoms with Gasteiger partial charge < -0.3 is 5.32 Å². The molecule has 0 spiro atoms. The Morgan fingerprint density at radius 2 is 1.91 bits per heavy atom. The van der Waals surface area contributed by atoms with Crippen LogP contribution in [0.1, 0.15) is 11.1 Å². The maximum atomic E-state index is 11.9. The van der Waals surface area contributed by atoms with E-state index < -0.39 is 10.0 Å². The summed E-state index contributed by atoms with van der Waals surface area (Å²) in [4.78, 5) is 14.1. The second-order valence-corrected chi connectivity index (χ2v) is 8.00. The van der Waals surface area contributed by atoms with Crippen LogP contribution in [0.4, 0.5) is 0 Å². The van der Waals surface area contributed by atoms with Crippen molar-refractivity contribution in [1.29, 1.82) is 0 Å². The first-order valence-corrected chi connectivity index (χ1v) is 9.69. The van der Waals surface area contributed by atoms with Crippen LogP contribution in [-0.4, -0.2) is 69.1 Å². The highest BCUT2D eigenvalue weighted by Gasteiger charge is 2.22. The first-order chi connectivity index (χ1) is 10.8. The number of sulfonamides is 1. The molecule has 128 valence electrons.